The average Bonchev–Trinajstić information content (AvgIpc) is 2.82. The highest BCUT2D eigenvalue weighted by Crippen LogP contribution is 2.46. The molecule has 0 aliphatic carbocycles. The van der Waals surface area contributed by atoms with E-state index < -0.39 is 34.1 Å². The van der Waals surface area contributed by atoms with Gasteiger partial charge in [-0.3, -0.25) is 9.59 Å². The van der Waals surface area contributed by atoms with Crippen LogP contribution in [0.15, 0.2) is 36.4 Å². The minimum Gasteiger partial charge on any atom is -0.393 e. The van der Waals surface area contributed by atoms with Gasteiger partial charge in [-0.2, -0.15) is 0 Å². The van der Waals surface area contributed by atoms with E-state index in [1.807, 2.05) is 50.2 Å². The van der Waals surface area contributed by atoms with Gasteiger partial charge in [0.1, 0.15) is 11.1 Å². The van der Waals surface area contributed by atoms with E-state index in [4.69, 9.17) is 32.7 Å². The smallest absolute Gasteiger partial charge is 0.231 e. The van der Waals surface area contributed by atoms with Crippen LogP contribution in [-0.4, -0.2) is 60.7 Å². The lowest BCUT2D eigenvalue weighted by Gasteiger charge is -2.51. The van der Waals surface area contributed by atoms with Crippen molar-refractivity contribution in [2.45, 2.75) is 74.7 Å². The van der Waals surface area contributed by atoms with Gasteiger partial charge in [-0.25, -0.2) is 0 Å². The Kier molecular flexibility index (Phi) is 7.52. The van der Waals surface area contributed by atoms with Crippen LogP contribution in [0.5, 0.6) is 0 Å². The zero-order valence-electron chi connectivity index (χ0n) is 23.1. The highest BCUT2D eigenvalue weighted by Gasteiger charge is 2.55. The SMILES string of the molecule is C[C@@H](O)C[C@]1(C)C(=O)NC2(COC2)c2ccc(Cl)cc21.C[C@H](O)C[C@@]1(C)C(=O)NC2(COC2)c2ccc(Cl)cc21. The van der Waals surface area contributed by atoms with Gasteiger partial charge in [0.2, 0.25) is 11.8 Å². The van der Waals surface area contributed by atoms with Crippen LogP contribution in [0.2, 0.25) is 10.0 Å². The first-order chi connectivity index (χ1) is 18.7. The van der Waals surface area contributed by atoms with Crippen molar-refractivity contribution in [2.24, 2.45) is 0 Å². The average molecular weight is 592 g/mol. The molecule has 0 unspecified atom stereocenters. The van der Waals surface area contributed by atoms with Gasteiger partial charge in [-0.15, -0.1) is 0 Å². The summed E-state index contributed by atoms with van der Waals surface area (Å²) in [7, 11) is 0. The van der Waals surface area contributed by atoms with Crippen LogP contribution in [0.3, 0.4) is 0 Å². The van der Waals surface area contributed by atoms with Gasteiger partial charge in [0, 0.05) is 10.0 Å². The first-order valence-corrected chi connectivity index (χ1v) is 14.3. The topological polar surface area (TPSA) is 117 Å². The molecule has 0 saturated carbocycles. The van der Waals surface area contributed by atoms with Crippen molar-refractivity contribution in [3.63, 3.8) is 0 Å². The number of carbonyl (C=O) groups excluding carboxylic acids is 2. The summed E-state index contributed by atoms with van der Waals surface area (Å²) < 4.78 is 10.6. The first kappa shape index (κ1) is 29.3. The lowest BCUT2D eigenvalue weighted by Crippen LogP contribution is -2.66. The maximum atomic E-state index is 12.6. The van der Waals surface area contributed by atoms with E-state index in [0.29, 0.717) is 49.3 Å². The highest BCUT2D eigenvalue weighted by molar-refractivity contribution is 6.31. The predicted octanol–water partition coefficient (Wildman–Crippen LogP) is 3.45. The second-order valence-electron chi connectivity index (χ2n) is 12.2. The fraction of sp³-hybridized carbons (Fsp3) is 0.533. The third-order valence-electron chi connectivity index (χ3n) is 8.69. The number of hydrogen-bond donors (Lipinski definition) is 4. The number of benzene rings is 2. The molecule has 4 heterocycles. The van der Waals surface area contributed by atoms with Gasteiger partial charge in [0.15, 0.2) is 0 Å². The Morgan fingerprint density at radius 1 is 0.725 bits per heavy atom. The van der Waals surface area contributed by atoms with E-state index in [-0.39, 0.29) is 11.8 Å². The number of rotatable bonds is 4. The Hall–Kier alpha value is -2.20. The number of aliphatic hydroxyl groups is 2. The lowest BCUT2D eigenvalue weighted by atomic mass is 9.67. The van der Waals surface area contributed by atoms with Gasteiger partial charge in [-0.1, -0.05) is 35.3 Å². The molecule has 6 rings (SSSR count). The van der Waals surface area contributed by atoms with Crippen LogP contribution in [0.25, 0.3) is 0 Å². The fourth-order valence-electron chi connectivity index (χ4n) is 6.53. The molecule has 4 N–H and O–H groups in total. The summed E-state index contributed by atoms with van der Waals surface area (Å²) in [6.07, 6.45) is -0.403. The van der Waals surface area contributed by atoms with E-state index in [1.165, 1.54) is 0 Å². The number of fused-ring (bicyclic) bond motifs is 4. The molecule has 2 aromatic rings. The molecule has 2 spiro atoms. The van der Waals surface area contributed by atoms with Gasteiger partial charge in [0.25, 0.3) is 0 Å². The number of carbonyl (C=O) groups is 2. The number of halogens is 2. The highest BCUT2D eigenvalue weighted by atomic mass is 35.5. The van der Waals surface area contributed by atoms with Crippen molar-refractivity contribution in [2.75, 3.05) is 26.4 Å². The largest absolute Gasteiger partial charge is 0.393 e. The number of amides is 2. The summed E-state index contributed by atoms with van der Waals surface area (Å²) in [5.41, 5.74) is 1.53. The van der Waals surface area contributed by atoms with Gasteiger partial charge < -0.3 is 30.3 Å². The van der Waals surface area contributed by atoms with Crippen molar-refractivity contribution >= 4 is 35.0 Å². The molecule has 10 heteroatoms. The molecule has 2 saturated heterocycles. The van der Waals surface area contributed by atoms with E-state index in [2.05, 4.69) is 10.6 Å². The number of ether oxygens (including phenoxy) is 2. The molecule has 8 nitrogen and oxygen atoms in total. The Bertz CT molecular complexity index is 1240. The Morgan fingerprint density at radius 2 is 1.07 bits per heavy atom. The standard InChI is InChI=1S/2C15H18ClNO3/c2*1-9(18)6-14(2)12-5-10(16)3-4-11(12)15(7-20-8-15)17-13(14)19/h2*3-5,9,18H,6-8H2,1-2H3,(H,17,19)/t2*9-,14+/m10/s1. The lowest BCUT2D eigenvalue weighted by molar-refractivity contribution is -0.143. The third-order valence-corrected chi connectivity index (χ3v) is 9.16. The summed E-state index contributed by atoms with van der Waals surface area (Å²) in [5, 5.41) is 26.9. The number of aliphatic hydroxyl groups excluding tert-OH is 2. The Labute approximate surface area is 244 Å². The molecular weight excluding hydrogens is 555 g/mol. The number of nitrogens with one attached hydrogen (secondary N) is 2. The molecule has 4 aliphatic rings. The maximum absolute atomic E-state index is 12.6. The second-order valence-corrected chi connectivity index (χ2v) is 13.1. The fourth-order valence-corrected chi connectivity index (χ4v) is 6.87. The molecule has 4 atom stereocenters. The van der Waals surface area contributed by atoms with Crippen molar-refractivity contribution in [1.82, 2.24) is 10.6 Å². The predicted molar refractivity (Wildman–Crippen MR) is 151 cm³/mol. The van der Waals surface area contributed by atoms with Crippen LogP contribution in [-0.2, 0) is 41.0 Å². The monoisotopic (exact) mass is 590 g/mol. The molecular formula is C30H36Cl2N2O6. The second kappa shape index (κ2) is 10.3. The molecule has 40 heavy (non-hydrogen) atoms. The van der Waals surface area contributed by atoms with Gasteiger partial charge in [0.05, 0.1) is 49.5 Å². The first-order valence-electron chi connectivity index (χ1n) is 13.5. The summed E-state index contributed by atoms with van der Waals surface area (Å²) >= 11 is 12.2. The molecule has 2 amide bonds. The quantitative estimate of drug-likeness (QED) is 0.433. The normalized spacial score (nSPS) is 28.5. The van der Waals surface area contributed by atoms with Crippen molar-refractivity contribution in [3.05, 3.63) is 68.7 Å². The third kappa shape index (κ3) is 4.72. The molecule has 0 aromatic heterocycles. The van der Waals surface area contributed by atoms with Crippen LogP contribution in [0, 0.1) is 0 Å². The van der Waals surface area contributed by atoms with E-state index in [9.17, 15) is 19.8 Å². The van der Waals surface area contributed by atoms with Crippen molar-refractivity contribution in [3.8, 4) is 0 Å². The van der Waals surface area contributed by atoms with Gasteiger partial charge in [-0.05, 0) is 87.1 Å². The van der Waals surface area contributed by atoms with Crippen LogP contribution in [0.4, 0.5) is 0 Å². The van der Waals surface area contributed by atoms with Crippen LogP contribution in [0.1, 0.15) is 62.8 Å². The number of hydrogen-bond acceptors (Lipinski definition) is 6. The van der Waals surface area contributed by atoms with E-state index >= 15 is 0 Å². The molecule has 2 aromatic carbocycles. The Morgan fingerprint density at radius 3 is 1.35 bits per heavy atom. The zero-order valence-corrected chi connectivity index (χ0v) is 24.7. The summed E-state index contributed by atoms with van der Waals surface area (Å²) in [6, 6.07) is 11.3. The summed E-state index contributed by atoms with van der Waals surface area (Å²) in [4.78, 5) is 25.2. The molecule has 0 radical (unpaired) electrons. The summed E-state index contributed by atoms with van der Waals surface area (Å²) in [6.45, 7) is 9.04. The summed E-state index contributed by atoms with van der Waals surface area (Å²) in [5.74, 6) is -0.145. The van der Waals surface area contributed by atoms with Gasteiger partial charge >= 0.3 is 0 Å². The van der Waals surface area contributed by atoms with Crippen LogP contribution < -0.4 is 10.6 Å². The Balaban J connectivity index is 0.000000161. The van der Waals surface area contributed by atoms with Crippen molar-refractivity contribution in [1.29, 1.82) is 0 Å². The molecule has 216 valence electrons. The molecule has 2 fully saturated rings. The zero-order chi connectivity index (χ0) is 29.1. The van der Waals surface area contributed by atoms with Crippen LogP contribution >= 0.6 is 23.2 Å². The van der Waals surface area contributed by atoms with E-state index in [0.717, 1.165) is 22.3 Å². The van der Waals surface area contributed by atoms with E-state index in [1.54, 1.807) is 13.8 Å². The van der Waals surface area contributed by atoms with Crippen molar-refractivity contribution < 1.29 is 29.3 Å². The molecule has 4 aliphatic heterocycles. The molecule has 0 bridgehead atoms. The minimum absolute atomic E-state index is 0.0727. The minimum atomic E-state index is -0.769. The maximum Gasteiger partial charge on any atom is 0.231 e.